The largest absolute Gasteiger partial charge is 0.374 e. The number of ether oxygens (including phenoxy) is 1. The topological polar surface area (TPSA) is 93.2 Å². The van der Waals surface area contributed by atoms with E-state index in [1.807, 2.05) is 13.0 Å². The zero-order valence-corrected chi connectivity index (χ0v) is 15.5. The maximum absolute atomic E-state index is 12.3. The first-order chi connectivity index (χ1) is 13.2. The summed E-state index contributed by atoms with van der Waals surface area (Å²) in [7, 11) is 0. The molecule has 2 aromatic carbocycles. The van der Waals surface area contributed by atoms with E-state index >= 15 is 0 Å². The SMILES string of the molecule is CCOCc1nnc(NC(=O)c2ccc(NC(=O)c3ccccc3)cc2)s1. The summed E-state index contributed by atoms with van der Waals surface area (Å²) in [6, 6.07) is 15.5. The van der Waals surface area contributed by atoms with E-state index in [0.717, 1.165) is 0 Å². The lowest BCUT2D eigenvalue weighted by atomic mass is 10.1. The van der Waals surface area contributed by atoms with Crippen molar-refractivity contribution in [3.8, 4) is 0 Å². The second-order valence-electron chi connectivity index (χ2n) is 5.49. The average Bonchev–Trinajstić information content (AvgIpc) is 3.14. The van der Waals surface area contributed by atoms with Crippen LogP contribution in [0.3, 0.4) is 0 Å². The van der Waals surface area contributed by atoms with Crippen LogP contribution in [0.4, 0.5) is 10.8 Å². The monoisotopic (exact) mass is 382 g/mol. The number of amides is 2. The Balaban J connectivity index is 1.58. The van der Waals surface area contributed by atoms with Crippen molar-refractivity contribution in [2.45, 2.75) is 13.5 Å². The van der Waals surface area contributed by atoms with Crippen LogP contribution in [-0.4, -0.2) is 28.6 Å². The van der Waals surface area contributed by atoms with Gasteiger partial charge in [-0.2, -0.15) is 0 Å². The summed E-state index contributed by atoms with van der Waals surface area (Å²) in [6.07, 6.45) is 0. The number of hydrogen-bond acceptors (Lipinski definition) is 6. The molecular formula is C19H18N4O3S. The van der Waals surface area contributed by atoms with Gasteiger partial charge in [-0.3, -0.25) is 14.9 Å². The van der Waals surface area contributed by atoms with Gasteiger partial charge in [0.05, 0.1) is 0 Å². The molecule has 0 radical (unpaired) electrons. The molecule has 2 amide bonds. The number of carbonyl (C=O) groups is 2. The molecule has 0 spiro atoms. The zero-order valence-electron chi connectivity index (χ0n) is 14.6. The normalized spacial score (nSPS) is 10.4. The van der Waals surface area contributed by atoms with Crippen molar-refractivity contribution >= 4 is 34.0 Å². The van der Waals surface area contributed by atoms with Gasteiger partial charge in [0.15, 0.2) is 0 Å². The van der Waals surface area contributed by atoms with Gasteiger partial charge in [0.25, 0.3) is 11.8 Å². The molecule has 0 bridgehead atoms. The van der Waals surface area contributed by atoms with E-state index in [9.17, 15) is 9.59 Å². The van der Waals surface area contributed by atoms with E-state index < -0.39 is 0 Å². The molecule has 27 heavy (non-hydrogen) atoms. The van der Waals surface area contributed by atoms with Crippen LogP contribution in [0.5, 0.6) is 0 Å². The highest BCUT2D eigenvalue weighted by atomic mass is 32.1. The van der Waals surface area contributed by atoms with Crippen LogP contribution >= 0.6 is 11.3 Å². The molecule has 0 aliphatic carbocycles. The molecule has 0 aliphatic heterocycles. The predicted molar refractivity (Wildman–Crippen MR) is 104 cm³/mol. The second-order valence-corrected chi connectivity index (χ2v) is 6.55. The predicted octanol–water partition coefficient (Wildman–Crippen LogP) is 3.58. The van der Waals surface area contributed by atoms with Crippen LogP contribution in [0, 0.1) is 0 Å². The van der Waals surface area contributed by atoms with Gasteiger partial charge >= 0.3 is 0 Å². The molecule has 7 nitrogen and oxygen atoms in total. The van der Waals surface area contributed by atoms with Gasteiger partial charge in [-0.25, -0.2) is 0 Å². The first-order valence-corrected chi connectivity index (χ1v) is 9.15. The highest BCUT2D eigenvalue weighted by Crippen LogP contribution is 2.18. The quantitative estimate of drug-likeness (QED) is 0.651. The Morgan fingerprint density at radius 3 is 2.30 bits per heavy atom. The third kappa shape index (κ3) is 5.19. The van der Waals surface area contributed by atoms with Crippen LogP contribution < -0.4 is 10.6 Å². The molecule has 0 aliphatic rings. The summed E-state index contributed by atoms with van der Waals surface area (Å²) in [5, 5.41) is 14.5. The summed E-state index contributed by atoms with van der Waals surface area (Å²) in [6.45, 7) is 2.87. The van der Waals surface area contributed by atoms with Crippen LogP contribution in [-0.2, 0) is 11.3 Å². The summed E-state index contributed by atoms with van der Waals surface area (Å²) in [5.41, 5.74) is 1.63. The van der Waals surface area contributed by atoms with E-state index in [0.29, 0.717) is 40.2 Å². The number of aromatic nitrogens is 2. The van der Waals surface area contributed by atoms with Gasteiger partial charge in [-0.1, -0.05) is 29.5 Å². The molecule has 0 unspecified atom stereocenters. The van der Waals surface area contributed by atoms with Gasteiger partial charge in [0.1, 0.15) is 11.6 Å². The fraction of sp³-hybridized carbons (Fsp3) is 0.158. The van der Waals surface area contributed by atoms with Gasteiger partial charge in [-0.15, -0.1) is 10.2 Å². The van der Waals surface area contributed by atoms with Crippen molar-refractivity contribution in [1.29, 1.82) is 0 Å². The molecule has 3 aromatic rings. The molecule has 8 heteroatoms. The molecule has 1 heterocycles. The van der Waals surface area contributed by atoms with E-state index in [1.54, 1.807) is 48.5 Å². The minimum Gasteiger partial charge on any atom is -0.374 e. The van der Waals surface area contributed by atoms with E-state index in [4.69, 9.17) is 4.74 Å². The lowest BCUT2D eigenvalue weighted by Crippen LogP contribution is -2.13. The highest BCUT2D eigenvalue weighted by Gasteiger charge is 2.11. The summed E-state index contributed by atoms with van der Waals surface area (Å²) >= 11 is 1.27. The zero-order chi connectivity index (χ0) is 19.1. The Morgan fingerprint density at radius 1 is 0.926 bits per heavy atom. The maximum Gasteiger partial charge on any atom is 0.257 e. The number of hydrogen-bond donors (Lipinski definition) is 2. The van der Waals surface area contributed by atoms with Gasteiger partial charge in [0.2, 0.25) is 5.13 Å². The van der Waals surface area contributed by atoms with Gasteiger partial charge in [-0.05, 0) is 43.3 Å². The first kappa shape index (κ1) is 18.7. The van der Waals surface area contributed by atoms with Crippen molar-refractivity contribution < 1.29 is 14.3 Å². The minimum absolute atomic E-state index is 0.205. The van der Waals surface area contributed by atoms with Gasteiger partial charge < -0.3 is 10.1 Å². The van der Waals surface area contributed by atoms with Crippen LogP contribution in [0.1, 0.15) is 32.6 Å². The van der Waals surface area contributed by atoms with Gasteiger partial charge in [0, 0.05) is 23.4 Å². The Morgan fingerprint density at radius 2 is 1.59 bits per heavy atom. The fourth-order valence-corrected chi connectivity index (χ4v) is 2.89. The van der Waals surface area contributed by atoms with E-state index in [2.05, 4.69) is 20.8 Å². The van der Waals surface area contributed by atoms with E-state index in [-0.39, 0.29) is 11.8 Å². The summed E-state index contributed by atoms with van der Waals surface area (Å²) in [5.74, 6) is -0.501. The summed E-state index contributed by atoms with van der Waals surface area (Å²) < 4.78 is 5.26. The molecule has 0 saturated heterocycles. The standard InChI is InChI=1S/C19H18N4O3S/c1-2-26-12-16-22-23-19(27-16)21-18(25)14-8-10-15(11-9-14)20-17(24)13-6-4-3-5-7-13/h3-11H,2,12H2,1H3,(H,20,24)(H,21,23,25). The molecule has 2 N–H and O–H groups in total. The van der Waals surface area contributed by atoms with Crippen molar-refractivity contribution in [2.75, 3.05) is 17.2 Å². The molecule has 3 rings (SSSR count). The third-order valence-corrected chi connectivity index (χ3v) is 4.37. The molecule has 138 valence electrons. The number of rotatable bonds is 7. The van der Waals surface area contributed by atoms with E-state index in [1.165, 1.54) is 11.3 Å². The molecule has 0 fully saturated rings. The van der Waals surface area contributed by atoms with Crippen LogP contribution in [0.15, 0.2) is 54.6 Å². The molecule has 0 atom stereocenters. The number of anilines is 2. The van der Waals surface area contributed by atoms with Crippen LogP contribution in [0.25, 0.3) is 0 Å². The maximum atomic E-state index is 12.3. The number of nitrogens with one attached hydrogen (secondary N) is 2. The Kier molecular flexibility index (Phi) is 6.24. The Hall–Kier alpha value is -3.10. The van der Waals surface area contributed by atoms with Crippen molar-refractivity contribution in [2.24, 2.45) is 0 Å². The number of benzene rings is 2. The van der Waals surface area contributed by atoms with Crippen molar-refractivity contribution in [1.82, 2.24) is 10.2 Å². The first-order valence-electron chi connectivity index (χ1n) is 8.33. The average molecular weight is 382 g/mol. The Labute approximate surface area is 160 Å². The number of carbonyl (C=O) groups excluding carboxylic acids is 2. The lowest BCUT2D eigenvalue weighted by Gasteiger charge is -2.06. The summed E-state index contributed by atoms with van der Waals surface area (Å²) in [4.78, 5) is 24.4. The second kappa shape index (κ2) is 9.02. The fourth-order valence-electron chi connectivity index (χ4n) is 2.22. The molecule has 0 saturated carbocycles. The highest BCUT2D eigenvalue weighted by molar-refractivity contribution is 7.15. The third-order valence-electron chi connectivity index (χ3n) is 3.56. The smallest absolute Gasteiger partial charge is 0.257 e. The Bertz CT molecular complexity index is 910. The minimum atomic E-state index is -0.296. The number of nitrogens with zero attached hydrogens (tertiary/aromatic N) is 2. The van der Waals surface area contributed by atoms with Crippen LogP contribution in [0.2, 0.25) is 0 Å². The molecule has 1 aromatic heterocycles. The van der Waals surface area contributed by atoms with Crippen molar-refractivity contribution in [3.63, 3.8) is 0 Å². The van der Waals surface area contributed by atoms with Crippen molar-refractivity contribution in [3.05, 3.63) is 70.7 Å². The molecular weight excluding hydrogens is 364 g/mol. The lowest BCUT2D eigenvalue weighted by molar-refractivity contribution is 0.102.